The van der Waals surface area contributed by atoms with E-state index < -0.39 is 0 Å². The van der Waals surface area contributed by atoms with Crippen LogP contribution >= 0.6 is 0 Å². The lowest BCUT2D eigenvalue weighted by molar-refractivity contribution is 0.00479. The molecule has 122 valence electrons. The zero-order chi connectivity index (χ0) is 14.8. The van der Waals surface area contributed by atoms with Gasteiger partial charge in [-0.3, -0.25) is 4.90 Å². The van der Waals surface area contributed by atoms with E-state index in [4.69, 9.17) is 14.2 Å². The molecule has 1 atom stereocenters. The molecule has 0 spiro atoms. The van der Waals surface area contributed by atoms with E-state index in [0.29, 0.717) is 5.92 Å². The molecule has 22 heavy (non-hydrogen) atoms. The van der Waals surface area contributed by atoms with Crippen LogP contribution in [0.1, 0.15) is 75.4 Å². The van der Waals surface area contributed by atoms with Crippen LogP contribution in [0.15, 0.2) is 4.52 Å². The van der Waals surface area contributed by atoms with Gasteiger partial charge in [-0.05, 0) is 45.2 Å². The number of aromatic nitrogens is 2. The van der Waals surface area contributed by atoms with E-state index in [0.717, 1.165) is 31.3 Å². The summed E-state index contributed by atoms with van der Waals surface area (Å²) in [4.78, 5) is 7.51. The summed E-state index contributed by atoms with van der Waals surface area (Å²) in [6, 6.07) is 0. The highest BCUT2D eigenvalue weighted by Gasteiger charge is 2.45. The Morgan fingerprint density at radius 1 is 1.00 bits per heavy atom. The second-order valence-corrected chi connectivity index (χ2v) is 7.16. The van der Waals surface area contributed by atoms with Crippen LogP contribution in [0.2, 0.25) is 0 Å². The zero-order valence-electron chi connectivity index (χ0n) is 13.4. The summed E-state index contributed by atoms with van der Waals surface area (Å²) in [7, 11) is 0. The SMILES string of the molecule is C1CCN(C2(c3nc([C@@H]4CCOC4)no3)CCCCC2)CC1. The van der Waals surface area contributed by atoms with Crippen LogP contribution in [0.3, 0.4) is 0 Å². The molecule has 0 bridgehead atoms. The maximum absolute atomic E-state index is 5.81. The molecule has 3 fully saturated rings. The van der Waals surface area contributed by atoms with Crippen LogP contribution in [0.25, 0.3) is 0 Å². The third-order valence-electron chi connectivity index (χ3n) is 5.78. The summed E-state index contributed by atoms with van der Waals surface area (Å²) in [5.41, 5.74) is 0.0172. The highest BCUT2D eigenvalue weighted by Crippen LogP contribution is 2.43. The predicted molar refractivity (Wildman–Crippen MR) is 82.7 cm³/mol. The lowest BCUT2D eigenvalue weighted by Gasteiger charge is -2.45. The fourth-order valence-electron chi connectivity index (χ4n) is 4.45. The van der Waals surface area contributed by atoms with Crippen molar-refractivity contribution in [2.24, 2.45) is 0 Å². The molecular formula is C17H27N3O2. The van der Waals surface area contributed by atoms with Crippen molar-refractivity contribution < 1.29 is 9.26 Å². The Morgan fingerprint density at radius 2 is 1.77 bits per heavy atom. The van der Waals surface area contributed by atoms with E-state index in [1.165, 1.54) is 64.5 Å². The Balaban J connectivity index is 1.62. The molecular weight excluding hydrogens is 278 g/mol. The molecule has 1 aromatic rings. The van der Waals surface area contributed by atoms with Crippen molar-refractivity contribution >= 4 is 0 Å². The van der Waals surface area contributed by atoms with E-state index in [-0.39, 0.29) is 5.54 Å². The van der Waals surface area contributed by atoms with Gasteiger partial charge in [-0.2, -0.15) is 4.98 Å². The highest BCUT2D eigenvalue weighted by atomic mass is 16.5. The van der Waals surface area contributed by atoms with Crippen LogP contribution in [-0.2, 0) is 10.3 Å². The Kier molecular flexibility index (Phi) is 4.18. The van der Waals surface area contributed by atoms with E-state index in [1.807, 2.05) is 0 Å². The van der Waals surface area contributed by atoms with Crippen LogP contribution in [-0.4, -0.2) is 41.3 Å². The minimum absolute atomic E-state index is 0.0172. The molecule has 2 aliphatic heterocycles. The topological polar surface area (TPSA) is 51.4 Å². The fourth-order valence-corrected chi connectivity index (χ4v) is 4.45. The maximum Gasteiger partial charge on any atom is 0.247 e. The van der Waals surface area contributed by atoms with Gasteiger partial charge in [0.2, 0.25) is 5.89 Å². The van der Waals surface area contributed by atoms with Crippen molar-refractivity contribution in [3.63, 3.8) is 0 Å². The molecule has 5 heteroatoms. The normalized spacial score (nSPS) is 29.7. The van der Waals surface area contributed by atoms with Crippen molar-refractivity contribution in [3.8, 4) is 0 Å². The van der Waals surface area contributed by atoms with Gasteiger partial charge >= 0.3 is 0 Å². The van der Waals surface area contributed by atoms with Crippen LogP contribution in [0.5, 0.6) is 0 Å². The van der Waals surface area contributed by atoms with E-state index >= 15 is 0 Å². The number of likely N-dealkylation sites (tertiary alicyclic amines) is 1. The standard InChI is InChI=1S/C17H27N3O2/c1-3-8-17(9-4-1,20-10-5-2-6-11-20)16-18-15(19-22-16)14-7-12-21-13-14/h14H,1-13H2/t14-/m1/s1. The summed E-state index contributed by atoms with van der Waals surface area (Å²) in [5.74, 6) is 2.09. The maximum atomic E-state index is 5.81. The number of hydrogen-bond donors (Lipinski definition) is 0. The van der Waals surface area contributed by atoms with Crippen LogP contribution in [0.4, 0.5) is 0 Å². The van der Waals surface area contributed by atoms with Gasteiger partial charge in [0.1, 0.15) is 5.54 Å². The Hall–Kier alpha value is -0.940. The quantitative estimate of drug-likeness (QED) is 0.858. The van der Waals surface area contributed by atoms with E-state index in [9.17, 15) is 0 Å². The van der Waals surface area contributed by atoms with Gasteiger partial charge in [-0.15, -0.1) is 0 Å². The van der Waals surface area contributed by atoms with E-state index in [2.05, 4.69) is 10.1 Å². The molecule has 0 aromatic carbocycles. The molecule has 2 saturated heterocycles. The van der Waals surface area contributed by atoms with Crippen molar-refractivity contribution in [1.29, 1.82) is 0 Å². The van der Waals surface area contributed by atoms with E-state index in [1.54, 1.807) is 0 Å². The molecule has 5 nitrogen and oxygen atoms in total. The summed E-state index contributed by atoms with van der Waals surface area (Å²) in [6.45, 7) is 3.94. The zero-order valence-corrected chi connectivity index (χ0v) is 13.4. The third kappa shape index (κ3) is 2.58. The Morgan fingerprint density at radius 3 is 2.50 bits per heavy atom. The van der Waals surface area contributed by atoms with Crippen molar-refractivity contribution in [3.05, 3.63) is 11.7 Å². The minimum atomic E-state index is 0.0172. The average Bonchev–Trinajstić information content (AvgIpc) is 3.28. The molecule has 0 N–H and O–H groups in total. The monoisotopic (exact) mass is 305 g/mol. The number of piperidine rings is 1. The lowest BCUT2D eigenvalue weighted by Crippen LogP contribution is -2.50. The molecule has 0 radical (unpaired) electrons. The molecule has 3 aliphatic rings. The Bertz CT molecular complexity index is 484. The molecule has 1 saturated carbocycles. The third-order valence-corrected chi connectivity index (χ3v) is 5.78. The molecule has 1 aliphatic carbocycles. The van der Waals surface area contributed by atoms with Gasteiger partial charge in [0.05, 0.1) is 6.61 Å². The molecule has 0 unspecified atom stereocenters. The minimum Gasteiger partial charge on any atom is -0.381 e. The first kappa shape index (κ1) is 14.6. The van der Waals surface area contributed by atoms with Gasteiger partial charge in [-0.25, -0.2) is 0 Å². The van der Waals surface area contributed by atoms with Gasteiger partial charge in [0.25, 0.3) is 0 Å². The first-order valence-corrected chi connectivity index (χ1v) is 9.05. The average molecular weight is 305 g/mol. The number of hydrogen-bond acceptors (Lipinski definition) is 5. The molecule has 4 rings (SSSR count). The van der Waals surface area contributed by atoms with Gasteiger partial charge in [-0.1, -0.05) is 30.8 Å². The van der Waals surface area contributed by atoms with Crippen LogP contribution < -0.4 is 0 Å². The highest BCUT2D eigenvalue weighted by molar-refractivity contribution is 5.09. The second-order valence-electron chi connectivity index (χ2n) is 7.16. The smallest absolute Gasteiger partial charge is 0.247 e. The largest absolute Gasteiger partial charge is 0.381 e. The van der Waals surface area contributed by atoms with Gasteiger partial charge in [0.15, 0.2) is 5.82 Å². The first-order valence-electron chi connectivity index (χ1n) is 9.05. The molecule has 1 aromatic heterocycles. The van der Waals surface area contributed by atoms with Gasteiger partial charge < -0.3 is 9.26 Å². The lowest BCUT2D eigenvalue weighted by atomic mass is 9.79. The summed E-state index contributed by atoms with van der Waals surface area (Å²) < 4.78 is 11.3. The fraction of sp³-hybridized carbons (Fsp3) is 0.882. The first-order chi connectivity index (χ1) is 10.9. The Labute approximate surface area is 132 Å². The van der Waals surface area contributed by atoms with Crippen LogP contribution in [0, 0.1) is 0 Å². The summed E-state index contributed by atoms with van der Waals surface area (Å²) in [5, 5.41) is 4.32. The summed E-state index contributed by atoms with van der Waals surface area (Å²) >= 11 is 0. The number of rotatable bonds is 3. The number of nitrogens with zero attached hydrogens (tertiary/aromatic N) is 3. The number of ether oxygens (including phenoxy) is 1. The van der Waals surface area contributed by atoms with Crippen molar-refractivity contribution in [2.45, 2.75) is 69.2 Å². The molecule has 0 amide bonds. The van der Waals surface area contributed by atoms with Gasteiger partial charge in [0, 0.05) is 12.5 Å². The van der Waals surface area contributed by atoms with Crippen molar-refractivity contribution in [1.82, 2.24) is 15.0 Å². The molecule has 3 heterocycles. The van der Waals surface area contributed by atoms with Crippen molar-refractivity contribution in [2.75, 3.05) is 26.3 Å². The predicted octanol–water partition coefficient (Wildman–Crippen LogP) is 3.22. The second kappa shape index (κ2) is 6.28. The summed E-state index contributed by atoms with van der Waals surface area (Å²) in [6.07, 6.45) is 11.2.